The van der Waals surface area contributed by atoms with Crippen molar-refractivity contribution in [1.29, 1.82) is 0 Å². The first-order valence-corrected chi connectivity index (χ1v) is 9.67. The summed E-state index contributed by atoms with van der Waals surface area (Å²) >= 11 is 0. The molecule has 0 atom stereocenters. The Balaban J connectivity index is 1.74. The number of amides is 2. The van der Waals surface area contributed by atoms with Gasteiger partial charge in [0.1, 0.15) is 5.75 Å². The molecule has 0 aromatic heterocycles. The Hall–Kier alpha value is -2.82. The van der Waals surface area contributed by atoms with Crippen LogP contribution in [0.5, 0.6) is 5.75 Å². The van der Waals surface area contributed by atoms with Crippen molar-refractivity contribution in [2.24, 2.45) is 0 Å². The lowest BCUT2D eigenvalue weighted by atomic mass is 9.87. The van der Waals surface area contributed by atoms with Gasteiger partial charge in [0.15, 0.2) is 0 Å². The van der Waals surface area contributed by atoms with Gasteiger partial charge in [-0.2, -0.15) is 0 Å². The molecule has 2 amide bonds. The molecule has 2 aromatic rings. The first-order chi connectivity index (χ1) is 13.3. The molecular formula is C23H30N2O3. The average Bonchev–Trinajstić information content (AvgIpc) is 2.66. The smallest absolute Gasteiger partial charge is 0.251 e. The van der Waals surface area contributed by atoms with Crippen LogP contribution in [0.1, 0.15) is 55.6 Å². The van der Waals surface area contributed by atoms with Crippen molar-refractivity contribution in [2.45, 2.75) is 46.1 Å². The second-order valence-electron chi connectivity index (χ2n) is 7.69. The van der Waals surface area contributed by atoms with E-state index < -0.39 is 0 Å². The minimum Gasteiger partial charge on any atom is -0.494 e. The van der Waals surface area contributed by atoms with Crippen molar-refractivity contribution >= 4 is 11.8 Å². The largest absolute Gasteiger partial charge is 0.494 e. The van der Waals surface area contributed by atoms with Crippen LogP contribution in [0.15, 0.2) is 48.5 Å². The maximum atomic E-state index is 12.2. The van der Waals surface area contributed by atoms with Gasteiger partial charge in [-0.1, -0.05) is 45.0 Å². The van der Waals surface area contributed by atoms with E-state index in [1.54, 1.807) is 0 Å². The molecule has 0 fully saturated rings. The molecule has 0 heterocycles. The zero-order valence-corrected chi connectivity index (χ0v) is 17.2. The highest BCUT2D eigenvalue weighted by atomic mass is 16.5. The zero-order valence-electron chi connectivity index (χ0n) is 17.2. The van der Waals surface area contributed by atoms with E-state index in [2.05, 4.69) is 31.4 Å². The van der Waals surface area contributed by atoms with E-state index in [0.717, 1.165) is 11.3 Å². The summed E-state index contributed by atoms with van der Waals surface area (Å²) in [6.45, 7) is 9.66. The standard InChI is InChI=1S/C23H30N2O3/c1-5-28-20-8-6-7-17(15-20)16-25-21(26)13-14-24-22(27)18-9-11-19(12-10-18)23(2,3)4/h6-12,15H,5,13-14,16H2,1-4H3,(H,24,27)(H,25,26). The Labute approximate surface area is 167 Å². The van der Waals surface area contributed by atoms with Gasteiger partial charge in [0.2, 0.25) is 5.91 Å². The first kappa shape index (κ1) is 21.5. The minimum atomic E-state index is -0.169. The summed E-state index contributed by atoms with van der Waals surface area (Å²) in [4.78, 5) is 24.2. The van der Waals surface area contributed by atoms with E-state index >= 15 is 0 Å². The molecular weight excluding hydrogens is 352 g/mol. The van der Waals surface area contributed by atoms with E-state index in [1.807, 2.05) is 55.5 Å². The number of hydrogen-bond acceptors (Lipinski definition) is 3. The van der Waals surface area contributed by atoms with Gasteiger partial charge in [0.05, 0.1) is 6.61 Å². The molecule has 0 bridgehead atoms. The average molecular weight is 383 g/mol. The Bertz CT molecular complexity index is 792. The molecule has 0 aliphatic carbocycles. The molecule has 0 saturated heterocycles. The second-order valence-corrected chi connectivity index (χ2v) is 7.69. The monoisotopic (exact) mass is 382 g/mol. The summed E-state index contributed by atoms with van der Waals surface area (Å²) in [5.41, 5.74) is 2.80. The highest BCUT2D eigenvalue weighted by Crippen LogP contribution is 2.22. The van der Waals surface area contributed by atoms with Gasteiger partial charge in [-0.15, -0.1) is 0 Å². The van der Waals surface area contributed by atoms with Crippen LogP contribution in [-0.4, -0.2) is 25.0 Å². The van der Waals surface area contributed by atoms with Crippen molar-refractivity contribution in [1.82, 2.24) is 10.6 Å². The SMILES string of the molecule is CCOc1cccc(CNC(=O)CCNC(=O)c2ccc(C(C)(C)C)cc2)c1. The third-order valence-corrected chi connectivity index (χ3v) is 4.35. The van der Waals surface area contributed by atoms with Gasteiger partial charge in [-0.3, -0.25) is 9.59 Å². The Morgan fingerprint density at radius 2 is 1.71 bits per heavy atom. The summed E-state index contributed by atoms with van der Waals surface area (Å²) in [6, 6.07) is 15.2. The summed E-state index contributed by atoms with van der Waals surface area (Å²) in [6.07, 6.45) is 0.233. The maximum Gasteiger partial charge on any atom is 0.251 e. The van der Waals surface area contributed by atoms with Crippen LogP contribution in [-0.2, 0) is 16.8 Å². The van der Waals surface area contributed by atoms with E-state index in [4.69, 9.17) is 4.74 Å². The third kappa shape index (κ3) is 6.72. The molecule has 28 heavy (non-hydrogen) atoms. The van der Waals surface area contributed by atoms with Crippen molar-refractivity contribution in [3.05, 3.63) is 65.2 Å². The molecule has 0 saturated carbocycles. The molecule has 5 nitrogen and oxygen atoms in total. The number of carbonyl (C=O) groups excluding carboxylic acids is 2. The molecule has 0 spiro atoms. The van der Waals surface area contributed by atoms with Crippen molar-refractivity contribution in [2.75, 3.05) is 13.2 Å². The molecule has 5 heteroatoms. The van der Waals surface area contributed by atoms with E-state index in [9.17, 15) is 9.59 Å². The van der Waals surface area contributed by atoms with Gasteiger partial charge < -0.3 is 15.4 Å². The van der Waals surface area contributed by atoms with Crippen molar-refractivity contribution in [3.63, 3.8) is 0 Å². The zero-order chi connectivity index (χ0) is 20.6. The molecule has 0 unspecified atom stereocenters. The molecule has 2 aromatic carbocycles. The number of nitrogens with one attached hydrogen (secondary N) is 2. The molecule has 2 N–H and O–H groups in total. The first-order valence-electron chi connectivity index (χ1n) is 9.67. The Morgan fingerprint density at radius 1 is 1.00 bits per heavy atom. The number of carbonyl (C=O) groups is 2. The number of hydrogen-bond donors (Lipinski definition) is 2. The maximum absolute atomic E-state index is 12.2. The normalized spacial score (nSPS) is 11.0. The van der Waals surface area contributed by atoms with Gasteiger partial charge >= 0.3 is 0 Å². The Morgan fingerprint density at radius 3 is 2.36 bits per heavy atom. The number of benzene rings is 2. The highest BCUT2D eigenvalue weighted by molar-refractivity contribution is 5.94. The quantitative estimate of drug-likeness (QED) is 0.729. The van der Waals surface area contributed by atoms with Crippen LogP contribution >= 0.6 is 0 Å². The lowest BCUT2D eigenvalue weighted by Crippen LogP contribution is -2.30. The summed E-state index contributed by atoms with van der Waals surface area (Å²) in [5, 5.41) is 5.65. The molecule has 150 valence electrons. The summed E-state index contributed by atoms with van der Waals surface area (Å²) < 4.78 is 5.45. The molecule has 0 aliphatic heterocycles. The molecule has 0 radical (unpaired) electrons. The fraction of sp³-hybridized carbons (Fsp3) is 0.391. The van der Waals surface area contributed by atoms with Crippen LogP contribution in [0.25, 0.3) is 0 Å². The summed E-state index contributed by atoms with van der Waals surface area (Å²) in [7, 11) is 0. The van der Waals surface area contributed by atoms with Gasteiger partial charge in [0, 0.05) is 25.1 Å². The highest BCUT2D eigenvalue weighted by Gasteiger charge is 2.14. The fourth-order valence-corrected chi connectivity index (χ4v) is 2.71. The van der Waals surface area contributed by atoms with Crippen LogP contribution < -0.4 is 15.4 Å². The minimum absolute atomic E-state index is 0.0509. The predicted octanol–water partition coefficient (Wildman–Crippen LogP) is 3.82. The lowest BCUT2D eigenvalue weighted by Gasteiger charge is -2.19. The van der Waals surface area contributed by atoms with Crippen molar-refractivity contribution < 1.29 is 14.3 Å². The van der Waals surface area contributed by atoms with Gasteiger partial charge in [-0.05, 0) is 47.7 Å². The topological polar surface area (TPSA) is 67.4 Å². The lowest BCUT2D eigenvalue weighted by molar-refractivity contribution is -0.121. The van der Waals surface area contributed by atoms with E-state index in [1.165, 1.54) is 5.56 Å². The van der Waals surface area contributed by atoms with Crippen LogP contribution in [0.2, 0.25) is 0 Å². The predicted molar refractivity (Wildman–Crippen MR) is 112 cm³/mol. The summed E-state index contributed by atoms with van der Waals surface area (Å²) in [5.74, 6) is 0.516. The van der Waals surface area contributed by atoms with Crippen LogP contribution in [0.3, 0.4) is 0 Å². The number of ether oxygens (including phenoxy) is 1. The van der Waals surface area contributed by atoms with E-state index in [0.29, 0.717) is 25.3 Å². The Kier molecular flexibility index (Phi) is 7.61. The van der Waals surface area contributed by atoms with Gasteiger partial charge in [0.25, 0.3) is 5.91 Å². The second kappa shape index (κ2) is 9.93. The van der Waals surface area contributed by atoms with Crippen LogP contribution in [0.4, 0.5) is 0 Å². The van der Waals surface area contributed by atoms with E-state index in [-0.39, 0.29) is 23.7 Å². The molecule has 0 aliphatic rings. The van der Waals surface area contributed by atoms with Gasteiger partial charge in [-0.25, -0.2) is 0 Å². The van der Waals surface area contributed by atoms with Crippen LogP contribution in [0, 0.1) is 0 Å². The van der Waals surface area contributed by atoms with Crippen molar-refractivity contribution in [3.8, 4) is 5.75 Å². The fourth-order valence-electron chi connectivity index (χ4n) is 2.71. The number of rotatable bonds is 8. The molecule has 2 rings (SSSR count). The third-order valence-electron chi connectivity index (χ3n) is 4.35.